The molecule has 0 saturated heterocycles. The van der Waals surface area contributed by atoms with E-state index in [2.05, 4.69) is 10.0 Å². The number of benzene rings is 3. The number of ether oxygens (including phenoxy) is 1. The molecule has 0 radical (unpaired) electrons. The van der Waals surface area contributed by atoms with Crippen LogP contribution < -0.4 is 14.8 Å². The van der Waals surface area contributed by atoms with Crippen molar-refractivity contribution >= 4 is 56.4 Å². The van der Waals surface area contributed by atoms with Crippen LogP contribution in [-0.2, 0) is 21.2 Å². The topological polar surface area (TPSA) is 84.5 Å². The molecule has 0 saturated carbocycles. The Hall–Kier alpha value is -2.29. The largest absolute Gasteiger partial charge is 0.495 e. The number of hydrogen-bond donors (Lipinski definition) is 2. The highest BCUT2D eigenvalue weighted by molar-refractivity contribution is 7.89. The Balaban J connectivity index is 1.89. The van der Waals surface area contributed by atoms with Gasteiger partial charge in [0.05, 0.1) is 17.0 Å². The Bertz CT molecular complexity index is 1200. The number of carbonyl (C=O) groups excluding carboxylic acids is 1. The first-order valence-corrected chi connectivity index (χ1v) is 12.0. The van der Waals surface area contributed by atoms with Crippen molar-refractivity contribution in [3.05, 3.63) is 87.4 Å². The summed E-state index contributed by atoms with van der Waals surface area (Å²) in [5.41, 5.74) is 1.12. The highest BCUT2D eigenvalue weighted by Crippen LogP contribution is 2.27. The summed E-state index contributed by atoms with van der Waals surface area (Å²) >= 11 is 18.1. The molecule has 1 amide bonds. The lowest BCUT2D eigenvalue weighted by molar-refractivity contribution is -0.117. The number of hydrogen-bond acceptors (Lipinski definition) is 4. The fourth-order valence-corrected chi connectivity index (χ4v) is 5.03. The van der Waals surface area contributed by atoms with E-state index in [0.717, 1.165) is 5.56 Å². The fourth-order valence-electron chi connectivity index (χ4n) is 2.96. The molecule has 1 atom stereocenters. The quantitative estimate of drug-likeness (QED) is 0.434. The number of halogens is 3. The van der Waals surface area contributed by atoms with Gasteiger partial charge in [-0.15, -0.1) is 0 Å². The lowest BCUT2D eigenvalue weighted by Gasteiger charge is -2.19. The summed E-state index contributed by atoms with van der Waals surface area (Å²) in [7, 11) is -2.66. The molecule has 3 aromatic carbocycles. The molecular weight excluding hydrogens is 495 g/mol. The van der Waals surface area contributed by atoms with Crippen molar-refractivity contribution in [3.8, 4) is 5.75 Å². The van der Waals surface area contributed by atoms with Gasteiger partial charge in [0, 0.05) is 15.7 Å². The fraction of sp³-hybridized carbons (Fsp3) is 0.136. The summed E-state index contributed by atoms with van der Waals surface area (Å²) in [5.74, 6) is -0.239. The number of amides is 1. The normalized spacial score (nSPS) is 12.2. The Labute approximate surface area is 201 Å². The first kappa shape index (κ1) is 24.4. The van der Waals surface area contributed by atoms with E-state index >= 15 is 0 Å². The second-order valence-corrected chi connectivity index (χ2v) is 9.80. The van der Waals surface area contributed by atoms with Gasteiger partial charge in [-0.05, 0) is 48.4 Å². The Morgan fingerprint density at radius 2 is 1.62 bits per heavy atom. The summed E-state index contributed by atoms with van der Waals surface area (Å²) in [4.78, 5) is 12.9. The first-order valence-electron chi connectivity index (χ1n) is 9.34. The van der Waals surface area contributed by atoms with Gasteiger partial charge in [0.15, 0.2) is 0 Å². The number of anilines is 1. The van der Waals surface area contributed by atoms with Gasteiger partial charge in [0.25, 0.3) is 0 Å². The average molecular weight is 514 g/mol. The zero-order valence-corrected chi connectivity index (χ0v) is 19.9. The van der Waals surface area contributed by atoms with Crippen LogP contribution in [0, 0.1) is 0 Å². The zero-order chi connectivity index (χ0) is 23.3. The lowest BCUT2D eigenvalue weighted by Crippen LogP contribution is -2.45. The molecule has 0 spiro atoms. The second kappa shape index (κ2) is 10.6. The maximum atomic E-state index is 13.0. The van der Waals surface area contributed by atoms with Gasteiger partial charge < -0.3 is 10.1 Å². The second-order valence-electron chi connectivity index (χ2n) is 6.81. The van der Waals surface area contributed by atoms with Crippen LogP contribution in [0.4, 0.5) is 5.69 Å². The molecular formula is C22H19Cl3N2O4S. The Morgan fingerprint density at radius 3 is 2.22 bits per heavy atom. The summed E-state index contributed by atoms with van der Waals surface area (Å²) in [6.45, 7) is 0. The molecule has 168 valence electrons. The first-order chi connectivity index (χ1) is 15.2. The Kier molecular flexibility index (Phi) is 8.03. The number of methoxy groups -OCH3 is 1. The third kappa shape index (κ3) is 6.37. The minimum Gasteiger partial charge on any atom is -0.495 e. The molecule has 0 aromatic heterocycles. The molecule has 0 aliphatic heterocycles. The van der Waals surface area contributed by atoms with Crippen molar-refractivity contribution < 1.29 is 17.9 Å². The predicted molar refractivity (Wildman–Crippen MR) is 127 cm³/mol. The summed E-state index contributed by atoms with van der Waals surface area (Å²) < 4.78 is 33.6. The van der Waals surface area contributed by atoms with Crippen LogP contribution in [0.2, 0.25) is 15.1 Å². The van der Waals surface area contributed by atoms with E-state index in [1.807, 2.05) is 6.07 Å². The summed E-state index contributed by atoms with van der Waals surface area (Å²) in [5, 5.41) is 3.47. The monoisotopic (exact) mass is 512 g/mol. The third-order valence-corrected chi connectivity index (χ3v) is 6.66. The molecule has 2 N–H and O–H groups in total. The van der Waals surface area contributed by atoms with Crippen LogP contribution in [0.25, 0.3) is 0 Å². The smallest absolute Gasteiger partial charge is 0.242 e. The average Bonchev–Trinajstić information content (AvgIpc) is 2.73. The molecule has 0 bridgehead atoms. The maximum absolute atomic E-state index is 13.0. The minimum atomic E-state index is -4.08. The highest BCUT2D eigenvalue weighted by atomic mass is 35.5. The van der Waals surface area contributed by atoms with Crippen LogP contribution >= 0.6 is 34.8 Å². The van der Waals surface area contributed by atoms with Crippen molar-refractivity contribution in [3.63, 3.8) is 0 Å². The molecule has 6 nitrogen and oxygen atoms in total. The van der Waals surface area contributed by atoms with Gasteiger partial charge in [-0.1, -0.05) is 65.1 Å². The Morgan fingerprint density at radius 1 is 0.969 bits per heavy atom. The van der Waals surface area contributed by atoms with Crippen LogP contribution in [-0.4, -0.2) is 27.5 Å². The van der Waals surface area contributed by atoms with Gasteiger partial charge in [-0.2, -0.15) is 4.72 Å². The van der Waals surface area contributed by atoms with E-state index in [4.69, 9.17) is 39.5 Å². The molecule has 3 aromatic rings. The van der Waals surface area contributed by atoms with E-state index in [1.54, 1.807) is 24.3 Å². The zero-order valence-electron chi connectivity index (χ0n) is 16.8. The maximum Gasteiger partial charge on any atom is 0.242 e. The van der Waals surface area contributed by atoms with Gasteiger partial charge in [0.2, 0.25) is 15.9 Å². The van der Waals surface area contributed by atoms with Crippen LogP contribution in [0.15, 0.2) is 71.6 Å². The number of sulfonamides is 1. The van der Waals surface area contributed by atoms with E-state index in [1.165, 1.54) is 43.5 Å². The van der Waals surface area contributed by atoms with Crippen molar-refractivity contribution in [2.24, 2.45) is 0 Å². The standard InChI is InChI=1S/C22H19Cl3N2O4S/c1-31-21-8-7-18(13-19(21)25)32(29,30)27-20(9-14-5-3-2-4-6-14)22(28)26-17-11-15(23)10-16(24)12-17/h2-8,10-13,20,27H,9H2,1H3,(H,26,28)/t20-/m0/s1. The van der Waals surface area contributed by atoms with Crippen molar-refractivity contribution in [1.82, 2.24) is 4.72 Å². The molecule has 0 fully saturated rings. The molecule has 10 heteroatoms. The van der Waals surface area contributed by atoms with Crippen molar-refractivity contribution in [2.45, 2.75) is 17.4 Å². The number of nitrogens with one attached hydrogen (secondary N) is 2. The molecule has 32 heavy (non-hydrogen) atoms. The molecule has 0 heterocycles. The molecule has 0 aliphatic rings. The van der Waals surface area contributed by atoms with E-state index in [0.29, 0.717) is 21.5 Å². The third-order valence-electron chi connectivity index (χ3n) is 4.46. The predicted octanol–water partition coefficient (Wildman–Crippen LogP) is 5.18. The molecule has 3 rings (SSSR count). The van der Waals surface area contributed by atoms with Crippen molar-refractivity contribution in [2.75, 3.05) is 12.4 Å². The van der Waals surface area contributed by atoms with E-state index in [-0.39, 0.29) is 16.3 Å². The van der Waals surface area contributed by atoms with Crippen LogP contribution in [0.5, 0.6) is 5.75 Å². The minimum absolute atomic E-state index is 0.0973. The van der Waals surface area contributed by atoms with Gasteiger partial charge >= 0.3 is 0 Å². The number of rotatable bonds is 8. The van der Waals surface area contributed by atoms with Crippen LogP contribution in [0.3, 0.4) is 0 Å². The van der Waals surface area contributed by atoms with Crippen molar-refractivity contribution in [1.29, 1.82) is 0 Å². The lowest BCUT2D eigenvalue weighted by atomic mass is 10.1. The molecule has 0 unspecified atom stereocenters. The van der Waals surface area contributed by atoms with Gasteiger partial charge in [0.1, 0.15) is 11.8 Å². The van der Waals surface area contributed by atoms with E-state index < -0.39 is 22.0 Å². The molecule has 0 aliphatic carbocycles. The van der Waals surface area contributed by atoms with Gasteiger partial charge in [-0.25, -0.2) is 8.42 Å². The van der Waals surface area contributed by atoms with E-state index in [9.17, 15) is 13.2 Å². The SMILES string of the molecule is COc1ccc(S(=O)(=O)N[C@@H](Cc2ccccc2)C(=O)Nc2cc(Cl)cc(Cl)c2)cc1Cl. The summed E-state index contributed by atoms with van der Waals surface area (Å²) in [6.07, 6.45) is 0.115. The number of carbonyl (C=O) groups is 1. The van der Waals surface area contributed by atoms with Crippen LogP contribution in [0.1, 0.15) is 5.56 Å². The highest BCUT2D eigenvalue weighted by Gasteiger charge is 2.27. The summed E-state index contributed by atoms with van der Waals surface area (Å²) in [6, 6.07) is 16.5. The van der Waals surface area contributed by atoms with Gasteiger partial charge in [-0.3, -0.25) is 4.79 Å².